The van der Waals surface area contributed by atoms with Gasteiger partial charge in [-0.15, -0.1) is 11.8 Å². The molecule has 0 atom stereocenters. The zero-order valence-corrected chi connectivity index (χ0v) is 11.4. The van der Waals surface area contributed by atoms with Crippen LogP contribution in [0.4, 0.5) is 13.2 Å². The lowest BCUT2D eigenvalue weighted by Gasteiger charge is -2.06. The quantitative estimate of drug-likeness (QED) is 0.473. The van der Waals surface area contributed by atoms with Crippen LogP contribution in [0.3, 0.4) is 0 Å². The van der Waals surface area contributed by atoms with Crippen molar-refractivity contribution in [1.29, 1.82) is 0 Å². The molecule has 0 aliphatic carbocycles. The van der Waals surface area contributed by atoms with Crippen LogP contribution in [-0.2, 0) is 0 Å². The Balaban J connectivity index is 2.14. The van der Waals surface area contributed by atoms with E-state index in [-0.39, 0.29) is 5.75 Å². The number of benzene rings is 2. The van der Waals surface area contributed by atoms with Crippen molar-refractivity contribution < 1.29 is 18.0 Å². The van der Waals surface area contributed by atoms with Crippen LogP contribution in [0.1, 0.15) is 15.9 Å². The van der Waals surface area contributed by atoms with Crippen LogP contribution in [0.5, 0.6) is 0 Å². The molecular formula is C15H11F3OS. The maximum Gasteiger partial charge on any atom is 0.195 e. The Morgan fingerprint density at radius 3 is 2.45 bits per heavy atom. The molecule has 2 aromatic carbocycles. The van der Waals surface area contributed by atoms with E-state index >= 15 is 0 Å². The zero-order valence-electron chi connectivity index (χ0n) is 10.6. The highest BCUT2D eigenvalue weighted by Gasteiger charge is 2.18. The molecule has 0 aromatic heterocycles. The van der Waals surface area contributed by atoms with Crippen LogP contribution in [0, 0.1) is 24.4 Å². The van der Waals surface area contributed by atoms with Crippen LogP contribution in [-0.4, -0.2) is 11.5 Å². The van der Waals surface area contributed by atoms with Gasteiger partial charge in [-0.3, -0.25) is 4.79 Å². The van der Waals surface area contributed by atoms with Gasteiger partial charge in [0.1, 0.15) is 0 Å². The summed E-state index contributed by atoms with van der Waals surface area (Å²) in [5, 5.41) is 0. The molecule has 1 nitrogen and oxygen atoms in total. The summed E-state index contributed by atoms with van der Waals surface area (Å²) in [5.41, 5.74) is 0.570. The van der Waals surface area contributed by atoms with Gasteiger partial charge in [-0.05, 0) is 30.7 Å². The summed E-state index contributed by atoms with van der Waals surface area (Å²) in [4.78, 5) is 12.8. The molecule has 0 saturated carbocycles. The summed E-state index contributed by atoms with van der Waals surface area (Å²) in [7, 11) is 0. The number of carbonyl (C=O) groups excluding carboxylic acids is 1. The number of rotatable bonds is 4. The second-order valence-electron chi connectivity index (χ2n) is 4.20. The molecule has 0 aliphatic heterocycles. The van der Waals surface area contributed by atoms with Crippen LogP contribution in [0.2, 0.25) is 0 Å². The van der Waals surface area contributed by atoms with Gasteiger partial charge >= 0.3 is 0 Å². The number of hydrogen-bond acceptors (Lipinski definition) is 2. The minimum Gasteiger partial charge on any atom is -0.293 e. The minimum atomic E-state index is -1.61. The first kappa shape index (κ1) is 14.7. The van der Waals surface area contributed by atoms with E-state index in [2.05, 4.69) is 0 Å². The second kappa shape index (κ2) is 6.13. The fourth-order valence-corrected chi connectivity index (χ4v) is 2.59. The summed E-state index contributed by atoms with van der Waals surface area (Å²) in [6.45, 7) is 1.89. The SMILES string of the molecule is Cc1ccccc1SCC(=O)c1ccc(F)c(F)c1F. The van der Waals surface area contributed by atoms with Crippen LogP contribution in [0.25, 0.3) is 0 Å². The third-order valence-electron chi connectivity index (χ3n) is 2.79. The van der Waals surface area contributed by atoms with E-state index in [0.29, 0.717) is 0 Å². The normalized spacial score (nSPS) is 10.6. The predicted octanol–water partition coefficient (Wildman–Crippen LogP) is 4.39. The topological polar surface area (TPSA) is 17.1 Å². The van der Waals surface area contributed by atoms with Crippen molar-refractivity contribution in [3.8, 4) is 0 Å². The second-order valence-corrected chi connectivity index (χ2v) is 5.22. The van der Waals surface area contributed by atoms with E-state index < -0.39 is 28.8 Å². The highest BCUT2D eigenvalue weighted by molar-refractivity contribution is 8.00. The average Bonchev–Trinajstić information content (AvgIpc) is 2.44. The number of carbonyl (C=O) groups is 1. The van der Waals surface area contributed by atoms with Crippen molar-refractivity contribution in [2.45, 2.75) is 11.8 Å². The molecule has 0 amide bonds. The number of thioether (sulfide) groups is 1. The Labute approximate surface area is 118 Å². The Bertz CT molecular complexity index is 656. The maximum atomic E-state index is 13.5. The molecule has 0 bridgehead atoms. The monoisotopic (exact) mass is 296 g/mol. The van der Waals surface area contributed by atoms with Crippen molar-refractivity contribution in [3.05, 3.63) is 65.0 Å². The number of hydrogen-bond donors (Lipinski definition) is 0. The first-order valence-corrected chi connectivity index (χ1v) is 6.84. The lowest BCUT2D eigenvalue weighted by Crippen LogP contribution is -2.08. The fraction of sp³-hybridized carbons (Fsp3) is 0.133. The third kappa shape index (κ3) is 3.04. The molecule has 104 valence electrons. The molecule has 0 radical (unpaired) electrons. The molecule has 0 fully saturated rings. The zero-order chi connectivity index (χ0) is 14.7. The van der Waals surface area contributed by atoms with Gasteiger partial charge in [0.2, 0.25) is 0 Å². The van der Waals surface area contributed by atoms with Gasteiger partial charge in [0.05, 0.1) is 11.3 Å². The number of aryl methyl sites for hydroxylation is 1. The van der Waals surface area contributed by atoms with E-state index in [1.54, 1.807) is 0 Å². The van der Waals surface area contributed by atoms with Gasteiger partial charge in [0, 0.05) is 4.90 Å². The van der Waals surface area contributed by atoms with Gasteiger partial charge < -0.3 is 0 Å². The smallest absolute Gasteiger partial charge is 0.195 e. The summed E-state index contributed by atoms with van der Waals surface area (Å²) in [6, 6.07) is 9.16. The Morgan fingerprint density at radius 1 is 1.05 bits per heavy atom. The van der Waals surface area contributed by atoms with Crippen molar-refractivity contribution in [2.75, 3.05) is 5.75 Å². The number of ketones is 1. The molecule has 0 N–H and O–H groups in total. The van der Waals surface area contributed by atoms with Crippen molar-refractivity contribution in [1.82, 2.24) is 0 Å². The highest BCUT2D eigenvalue weighted by Crippen LogP contribution is 2.24. The summed E-state index contributed by atoms with van der Waals surface area (Å²) < 4.78 is 39.3. The number of halogens is 3. The predicted molar refractivity (Wildman–Crippen MR) is 72.5 cm³/mol. The molecule has 0 aliphatic rings. The largest absolute Gasteiger partial charge is 0.293 e. The van der Waals surface area contributed by atoms with Crippen LogP contribution < -0.4 is 0 Å². The Kier molecular flexibility index (Phi) is 4.49. The average molecular weight is 296 g/mol. The molecule has 0 heterocycles. The Hall–Kier alpha value is -1.75. The van der Waals surface area contributed by atoms with E-state index in [9.17, 15) is 18.0 Å². The molecular weight excluding hydrogens is 285 g/mol. The van der Waals surface area contributed by atoms with E-state index in [1.807, 2.05) is 31.2 Å². The standard InChI is InChI=1S/C15H11F3OS/c1-9-4-2-3-5-13(9)20-8-12(19)10-6-7-11(16)15(18)14(10)17/h2-7H,8H2,1H3. The lowest BCUT2D eigenvalue weighted by atomic mass is 10.1. The van der Waals surface area contributed by atoms with Gasteiger partial charge in [0.25, 0.3) is 0 Å². The molecule has 2 aromatic rings. The summed E-state index contributed by atoms with van der Waals surface area (Å²) in [6.07, 6.45) is 0. The van der Waals surface area contributed by atoms with Crippen LogP contribution >= 0.6 is 11.8 Å². The third-order valence-corrected chi connectivity index (χ3v) is 3.96. The highest BCUT2D eigenvalue weighted by atomic mass is 32.2. The van der Waals surface area contributed by atoms with E-state index in [0.717, 1.165) is 22.6 Å². The molecule has 2 rings (SSSR count). The maximum absolute atomic E-state index is 13.5. The summed E-state index contributed by atoms with van der Waals surface area (Å²) >= 11 is 1.24. The summed E-state index contributed by atoms with van der Waals surface area (Å²) in [5.74, 6) is -4.95. The first-order chi connectivity index (χ1) is 9.50. The molecule has 20 heavy (non-hydrogen) atoms. The fourth-order valence-electron chi connectivity index (χ4n) is 1.68. The van der Waals surface area contributed by atoms with Gasteiger partial charge in [-0.25, -0.2) is 13.2 Å². The number of Topliss-reactive ketones (excluding diaryl/α,β-unsaturated/α-hetero) is 1. The van der Waals surface area contributed by atoms with E-state index in [4.69, 9.17) is 0 Å². The molecule has 0 saturated heterocycles. The first-order valence-electron chi connectivity index (χ1n) is 5.86. The van der Waals surface area contributed by atoms with Gasteiger partial charge in [-0.1, -0.05) is 18.2 Å². The molecule has 5 heteroatoms. The van der Waals surface area contributed by atoms with Crippen molar-refractivity contribution >= 4 is 17.5 Å². The lowest BCUT2D eigenvalue weighted by molar-refractivity contribution is 0.101. The molecule has 0 spiro atoms. The Morgan fingerprint density at radius 2 is 1.75 bits per heavy atom. The van der Waals surface area contributed by atoms with E-state index in [1.165, 1.54) is 11.8 Å². The van der Waals surface area contributed by atoms with Crippen LogP contribution in [0.15, 0.2) is 41.3 Å². The van der Waals surface area contributed by atoms with Crippen molar-refractivity contribution in [2.24, 2.45) is 0 Å². The molecule has 0 unspecified atom stereocenters. The minimum absolute atomic E-state index is 0.0349. The van der Waals surface area contributed by atoms with Gasteiger partial charge in [0.15, 0.2) is 23.2 Å². The van der Waals surface area contributed by atoms with Gasteiger partial charge in [-0.2, -0.15) is 0 Å². The van der Waals surface area contributed by atoms with Crippen molar-refractivity contribution in [3.63, 3.8) is 0 Å².